The third kappa shape index (κ3) is 4.20. The molecule has 34 heavy (non-hydrogen) atoms. The number of phenols is 1. The van der Waals surface area contributed by atoms with Crippen LogP contribution in [0.4, 0.5) is 5.82 Å². The Morgan fingerprint density at radius 2 is 2.00 bits per heavy atom. The molecule has 2 saturated heterocycles. The number of benzene rings is 1. The van der Waals surface area contributed by atoms with Gasteiger partial charge in [-0.3, -0.25) is 14.0 Å². The molecule has 182 valence electrons. The van der Waals surface area contributed by atoms with E-state index in [1.165, 1.54) is 0 Å². The van der Waals surface area contributed by atoms with Crippen molar-refractivity contribution in [3.63, 3.8) is 0 Å². The van der Waals surface area contributed by atoms with E-state index in [-0.39, 0.29) is 17.3 Å². The fraction of sp³-hybridized carbons (Fsp3) is 0.440. The predicted octanol–water partition coefficient (Wildman–Crippen LogP) is 5.83. The van der Waals surface area contributed by atoms with Gasteiger partial charge in [0.25, 0.3) is 0 Å². The molecule has 5 rings (SSSR count). The van der Waals surface area contributed by atoms with Gasteiger partial charge in [-0.25, -0.2) is 14.3 Å². The Morgan fingerprint density at radius 3 is 2.71 bits per heavy atom. The van der Waals surface area contributed by atoms with Crippen molar-refractivity contribution in [1.29, 1.82) is 0 Å². The molecule has 2 aromatic heterocycles. The van der Waals surface area contributed by atoms with E-state index in [2.05, 4.69) is 21.8 Å². The number of hydrogen-bond donors (Lipinski definition) is 3. The van der Waals surface area contributed by atoms with E-state index in [1.807, 2.05) is 54.0 Å². The van der Waals surface area contributed by atoms with Crippen LogP contribution in [0.3, 0.4) is 0 Å². The van der Waals surface area contributed by atoms with E-state index in [1.54, 1.807) is 17.4 Å². The zero-order valence-corrected chi connectivity index (χ0v) is 21.4. The molecule has 3 aromatic rings. The zero-order valence-electron chi connectivity index (χ0n) is 19.8. The number of likely N-dealkylation sites (tertiary alicyclic amines) is 1. The number of pyridine rings is 1. The van der Waals surface area contributed by atoms with E-state index in [4.69, 9.17) is 0 Å². The van der Waals surface area contributed by atoms with Crippen LogP contribution in [0, 0.1) is 13.8 Å². The molecule has 1 aromatic carbocycles. The summed E-state index contributed by atoms with van der Waals surface area (Å²) in [6, 6.07) is 11.8. The van der Waals surface area contributed by atoms with Gasteiger partial charge in [-0.15, -0.1) is 22.1 Å². The SMILES string of the molecule is Cc1cccc(N2[C@@]3(CCN(Cc4ccc(O)c(-c5ncsc5C)c4)[C@@H](C)C3)CCS2(O)O)n1. The highest BCUT2D eigenvalue weighted by molar-refractivity contribution is 8.25. The van der Waals surface area contributed by atoms with Crippen LogP contribution in [0.15, 0.2) is 41.9 Å². The number of phenolic OH excluding ortho intramolecular Hbond substituents is 1. The Balaban J connectivity index is 1.37. The first-order valence-electron chi connectivity index (χ1n) is 11.6. The zero-order chi connectivity index (χ0) is 24.1. The van der Waals surface area contributed by atoms with Crippen molar-refractivity contribution in [2.75, 3.05) is 16.6 Å². The van der Waals surface area contributed by atoms with Crippen molar-refractivity contribution < 1.29 is 14.2 Å². The molecule has 0 unspecified atom stereocenters. The highest BCUT2D eigenvalue weighted by Gasteiger charge is 2.53. The summed E-state index contributed by atoms with van der Waals surface area (Å²) in [5.41, 5.74) is 5.14. The Bertz CT molecular complexity index is 1200. The topological polar surface area (TPSA) is 93.0 Å². The van der Waals surface area contributed by atoms with Crippen molar-refractivity contribution in [1.82, 2.24) is 14.9 Å². The highest BCUT2D eigenvalue weighted by Crippen LogP contribution is 2.60. The largest absolute Gasteiger partial charge is 0.507 e. The molecule has 1 spiro atoms. The van der Waals surface area contributed by atoms with Crippen molar-refractivity contribution in [3.8, 4) is 17.0 Å². The van der Waals surface area contributed by atoms with Gasteiger partial charge in [-0.1, -0.05) is 12.1 Å². The summed E-state index contributed by atoms with van der Waals surface area (Å²) in [7, 11) is -2.89. The minimum absolute atomic E-state index is 0.251. The maximum Gasteiger partial charge on any atom is 0.147 e. The van der Waals surface area contributed by atoms with Crippen molar-refractivity contribution in [2.24, 2.45) is 0 Å². The summed E-state index contributed by atoms with van der Waals surface area (Å²) in [5.74, 6) is 1.31. The van der Waals surface area contributed by atoms with Crippen LogP contribution in [-0.2, 0) is 6.54 Å². The number of rotatable bonds is 4. The van der Waals surface area contributed by atoms with Crippen molar-refractivity contribution in [2.45, 2.75) is 58.2 Å². The molecule has 7 nitrogen and oxygen atoms in total. The second-order valence-corrected chi connectivity index (χ2v) is 12.7. The minimum Gasteiger partial charge on any atom is -0.507 e. The monoisotopic (exact) mass is 500 g/mol. The number of piperidine rings is 1. The van der Waals surface area contributed by atoms with Crippen LogP contribution in [0.5, 0.6) is 5.75 Å². The molecule has 0 saturated carbocycles. The van der Waals surface area contributed by atoms with Gasteiger partial charge in [0, 0.05) is 35.3 Å². The molecule has 4 heterocycles. The molecule has 0 amide bonds. The molecule has 0 bridgehead atoms. The van der Waals surface area contributed by atoms with Crippen LogP contribution in [0.2, 0.25) is 0 Å². The average Bonchev–Trinajstić information content (AvgIpc) is 3.31. The van der Waals surface area contributed by atoms with E-state index < -0.39 is 10.8 Å². The van der Waals surface area contributed by atoms with Crippen LogP contribution >= 0.6 is 22.1 Å². The van der Waals surface area contributed by atoms with Crippen LogP contribution in [0.1, 0.15) is 42.3 Å². The molecule has 9 heteroatoms. The lowest BCUT2D eigenvalue weighted by Gasteiger charge is -2.51. The number of thiazole rings is 1. The van der Waals surface area contributed by atoms with Gasteiger partial charge >= 0.3 is 0 Å². The summed E-state index contributed by atoms with van der Waals surface area (Å²) in [6.07, 6.45) is 2.45. The molecule has 0 aliphatic carbocycles. The van der Waals surface area contributed by atoms with Crippen LogP contribution in [0.25, 0.3) is 11.3 Å². The normalized spacial score (nSPS) is 25.7. The summed E-state index contributed by atoms with van der Waals surface area (Å²) in [6.45, 7) is 7.80. The lowest BCUT2D eigenvalue weighted by molar-refractivity contribution is 0.102. The van der Waals surface area contributed by atoms with Gasteiger partial charge in [0.05, 0.1) is 22.5 Å². The maximum atomic E-state index is 11.0. The van der Waals surface area contributed by atoms with Crippen LogP contribution < -0.4 is 4.31 Å². The molecule has 2 atom stereocenters. The maximum absolute atomic E-state index is 11.0. The van der Waals surface area contributed by atoms with E-state index in [9.17, 15) is 14.2 Å². The third-order valence-electron chi connectivity index (χ3n) is 7.26. The molecule has 2 aliphatic heterocycles. The second kappa shape index (κ2) is 8.80. The van der Waals surface area contributed by atoms with E-state index in [0.29, 0.717) is 11.6 Å². The number of aryl methyl sites for hydroxylation is 2. The first-order valence-corrected chi connectivity index (χ1v) is 14.2. The fourth-order valence-corrected chi connectivity index (χ4v) is 8.24. The smallest absolute Gasteiger partial charge is 0.147 e. The predicted molar refractivity (Wildman–Crippen MR) is 140 cm³/mol. The van der Waals surface area contributed by atoms with Crippen molar-refractivity contribution >= 4 is 27.9 Å². The molecule has 0 radical (unpaired) electrons. The van der Waals surface area contributed by atoms with Crippen LogP contribution in [-0.4, -0.2) is 53.0 Å². The van der Waals surface area contributed by atoms with Gasteiger partial charge in [-0.2, -0.15) is 0 Å². The lowest BCUT2D eigenvalue weighted by atomic mass is 9.81. The number of hydrogen-bond acceptors (Lipinski definition) is 8. The fourth-order valence-electron chi connectivity index (χ4n) is 5.53. The summed E-state index contributed by atoms with van der Waals surface area (Å²) >= 11 is 1.58. The van der Waals surface area contributed by atoms with Gasteiger partial charge in [-0.05, 0) is 69.9 Å². The van der Waals surface area contributed by atoms with Gasteiger partial charge in [0.1, 0.15) is 11.6 Å². The summed E-state index contributed by atoms with van der Waals surface area (Å²) in [4.78, 5) is 12.6. The molecular weight excluding hydrogens is 468 g/mol. The highest BCUT2D eigenvalue weighted by atomic mass is 32.3. The van der Waals surface area contributed by atoms with Gasteiger partial charge < -0.3 is 5.11 Å². The number of aromatic nitrogens is 2. The second-order valence-electron chi connectivity index (χ2n) is 9.62. The average molecular weight is 501 g/mol. The van der Waals surface area contributed by atoms with Crippen molar-refractivity contribution in [3.05, 3.63) is 58.0 Å². The van der Waals surface area contributed by atoms with E-state index >= 15 is 0 Å². The summed E-state index contributed by atoms with van der Waals surface area (Å²) < 4.78 is 23.8. The molecule has 3 N–H and O–H groups in total. The first-order chi connectivity index (χ1) is 16.2. The first kappa shape index (κ1) is 23.6. The standard InChI is InChI=1S/C25H32N4O3S2/c1-17-5-4-6-23(27-17)29-25(10-12-34(29,31)32)9-11-28(18(2)14-25)15-20-7-8-22(30)21(13-20)24-19(3)33-16-26-24/h4-8,13,16,18,30-32H,9-12,14-15H2,1-3H3/t18-,25-/m0/s1. The summed E-state index contributed by atoms with van der Waals surface area (Å²) in [5, 5.41) is 10.4. The lowest BCUT2D eigenvalue weighted by Crippen LogP contribution is -2.55. The number of anilines is 1. The quantitative estimate of drug-likeness (QED) is 0.415. The number of nitrogens with zero attached hydrogens (tertiary/aromatic N) is 4. The molecule has 2 aliphatic rings. The van der Waals surface area contributed by atoms with E-state index in [0.717, 1.165) is 59.7 Å². The third-order valence-corrected chi connectivity index (χ3v) is 9.92. The van der Waals surface area contributed by atoms with Gasteiger partial charge in [0.2, 0.25) is 0 Å². The Morgan fingerprint density at radius 1 is 1.18 bits per heavy atom. The molecule has 2 fully saturated rings. The Kier molecular flexibility index (Phi) is 6.10. The Labute approximate surface area is 206 Å². The van der Waals surface area contributed by atoms with Gasteiger partial charge in [0.15, 0.2) is 0 Å². The Hall–Kier alpha value is -2.17. The number of aromatic hydroxyl groups is 1. The molecular formula is C25H32N4O3S2. The minimum atomic E-state index is -2.89.